The van der Waals surface area contributed by atoms with Gasteiger partial charge < -0.3 is 9.47 Å². The largest absolute Gasteiger partial charge is 0.440 e. The lowest BCUT2D eigenvalue weighted by atomic mass is 10.3. The Morgan fingerprint density at radius 1 is 0.900 bits per heavy atom. The van der Waals surface area contributed by atoms with Crippen molar-refractivity contribution in [3.63, 3.8) is 0 Å². The quantitative estimate of drug-likeness (QED) is 0.771. The molecule has 0 amide bonds. The van der Waals surface area contributed by atoms with E-state index < -0.39 is 0 Å². The van der Waals surface area contributed by atoms with Crippen molar-refractivity contribution in [1.82, 2.24) is 0 Å². The van der Waals surface area contributed by atoms with E-state index in [0.29, 0.717) is 20.3 Å². The van der Waals surface area contributed by atoms with E-state index in [0.717, 1.165) is 23.5 Å². The minimum absolute atomic E-state index is 0.254. The summed E-state index contributed by atoms with van der Waals surface area (Å²) in [5, 5.41) is 16.9. The van der Waals surface area contributed by atoms with Crippen molar-refractivity contribution < 1.29 is 9.47 Å². The Morgan fingerprint density at radius 3 is 1.55 bits per heavy atom. The molecule has 0 aliphatic rings. The van der Waals surface area contributed by atoms with Crippen molar-refractivity contribution >= 4 is 56.7 Å². The van der Waals surface area contributed by atoms with Crippen molar-refractivity contribution in [3.05, 3.63) is 24.3 Å². The van der Waals surface area contributed by atoms with Crippen molar-refractivity contribution in [2.45, 2.75) is 0 Å². The average molecular weight is 340 g/mol. The van der Waals surface area contributed by atoms with E-state index in [1.165, 1.54) is 0 Å². The highest BCUT2D eigenvalue weighted by molar-refractivity contribution is 8.23. The Balaban J connectivity index is 2.48. The van der Waals surface area contributed by atoms with Crippen LogP contribution in [0.15, 0.2) is 24.3 Å². The molecule has 0 aromatic heterocycles. The second-order valence-electron chi connectivity index (χ2n) is 3.07. The van der Waals surface area contributed by atoms with Gasteiger partial charge in [-0.25, -0.2) is 0 Å². The molecule has 0 heterocycles. The summed E-state index contributed by atoms with van der Waals surface area (Å²) in [6.07, 6.45) is 0. The van der Waals surface area contributed by atoms with Crippen LogP contribution >= 0.6 is 48.0 Å². The smallest absolute Gasteiger partial charge is 0.226 e. The van der Waals surface area contributed by atoms with Crippen LogP contribution in [0.3, 0.4) is 0 Å². The van der Waals surface area contributed by atoms with E-state index in [2.05, 4.69) is 0 Å². The third-order valence-corrected chi connectivity index (χ3v) is 3.79. The van der Waals surface area contributed by atoms with Gasteiger partial charge in [-0.05, 0) is 48.7 Å². The number of benzene rings is 1. The summed E-state index contributed by atoms with van der Waals surface area (Å²) < 4.78 is 11.3. The fraction of sp³-hybridized carbons (Fsp3) is 0.167. The van der Waals surface area contributed by atoms with Gasteiger partial charge >= 0.3 is 0 Å². The number of rotatable bonds is 4. The summed E-state index contributed by atoms with van der Waals surface area (Å²) in [6.45, 7) is 0. The normalized spacial score (nSPS) is 9.10. The molecule has 0 fully saturated rings. The van der Waals surface area contributed by atoms with Crippen LogP contribution in [0.5, 0.6) is 11.5 Å². The van der Waals surface area contributed by atoms with E-state index in [4.69, 9.17) is 44.4 Å². The predicted molar refractivity (Wildman–Crippen MR) is 89.0 cm³/mol. The second kappa shape index (κ2) is 9.56. The van der Waals surface area contributed by atoms with Gasteiger partial charge in [0.1, 0.15) is 11.5 Å². The Bertz CT molecular complexity index is 509. The molecule has 0 saturated carbocycles. The molecule has 0 radical (unpaired) electrons. The zero-order valence-electron chi connectivity index (χ0n) is 10.1. The van der Waals surface area contributed by atoms with Crippen LogP contribution in [0.4, 0.5) is 0 Å². The first-order chi connectivity index (χ1) is 9.65. The first-order valence-corrected chi connectivity index (χ1v) is 7.97. The summed E-state index contributed by atoms with van der Waals surface area (Å²) in [5.41, 5.74) is 0. The van der Waals surface area contributed by atoms with Crippen molar-refractivity contribution in [3.8, 4) is 23.6 Å². The summed E-state index contributed by atoms with van der Waals surface area (Å²) in [6, 6.07) is 10.7. The van der Waals surface area contributed by atoms with Crippen molar-refractivity contribution in [1.29, 1.82) is 10.5 Å². The number of thioether (sulfide) groups is 2. The molecule has 1 aromatic rings. The minimum Gasteiger partial charge on any atom is -0.440 e. The highest BCUT2D eigenvalue weighted by atomic mass is 32.2. The number of nitriles is 2. The number of thiocarbonyl (C=S) groups is 2. The van der Waals surface area contributed by atoms with Gasteiger partial charge in [0.25, 0.3) is 0 Å². The van der Waals surface area contributed by atoms with E-state index in [-0.39, 0.29) is 11.5 Å². The lowest BCUT2D eigenvalue weighted by Gasteiger charge is -2.07. The van der Waals surface area contributed by atoms with Crippen LogP contribution < -0.4 is 9.47 Å². The maximum Gasteiger partial charge on any atom is 0.226 e. The van der Waals surface area contributed by atoms with E-state index in [9.17, 15) is 0 Å². The molecule has 0 saturated heterocycles. The van der Waals surface area contributed by atoms with Gasteiger partial charge in [-0.15, -0.1) is 0 Å². The lowest BCUT2D eigenvalue weighted by Crippen LogP contribution is -2.02. The maximum atomic E-state index is 8.43. The van der Waals surface area contributed by atoms with Crippen LogP contribution in [0, 0.1) is 22.7 Å². The number of hydrogen-bond acceptors (Lipinski definition) is 8. The van der Waals surface area contributed by atoms with Crippen LogP contribution in [0.1, 0.15) is 0 Å². The molecule has 102 valence electrons. The van der Waals surface area contributed by atoms with Crippen LogP contribution in [-0.4, -0.2) is 20.3 Å². The zero-order valence-corrected chi connectivity index (χ0v) is 13.3. The maximum absolute atomic E-state index is 8.43. The summed E-state index contributed by atoms with van der Waals surface area (Å²) in [7, 11) is 0. The third-order valence-electron chi connectivity index (χ3n) is 1.74. The molecule has 0 aliphatic carbocycles. The van der Waals surface area contributed by atoms with Gasteiger partial charge in [0, 0.05) is 0 Å². The fourth-order valence-corrected chi connectivity index (χ4v) is 2.23. The Hall–Kier alpha value is -1.32. The molecule has 20 heavy (non-hydrogen) atoms. The molecule has 0 unspecified atom stereocenters. The van der Waals surface area contributed by atoms with Crippen LogP contribution in [-0.2, 0) is 0 Å². The van der Waals surface area contributed by atoms with Crippen molar-refractivity contribution in [2.24, 2.45) is 0 Å². The fourth-order valence-electron chi connectivity index (χ4n) is 1.01. The second-order valence-corrected chi connectivity index (χ2v) is 6.22. The van der Waals surface area contributed by atoms with Crippen LogP contribution in [0.2, 0.25) is 0 Å². The van der Waals surface area contributed by atoms with Gasteiger partial charge in [0.15, 0.2) is 0 Å². The van der Waals surface area contributed by atoms with Crippen molar-refractivity contribution in [2.75, 3.05) is 11.5 Å². The van der Waals surface area contributed by atoms with Gasteiger partial charge in [0.2, 0.25) is 8.77 Å². The monoisotopic (exact) mass is 340 g/mol. The van der Waals surface area contributed by atoms with E-state index in [1.54, 1.807) is 24.3 Å². The number of nitrogens with zero attached hydrogens (tertiary/aromatic N) is 2. The Labute approximate surface area is 136 Å². The molecule has 0 spiro atoms. The molecule has 0 N–H and O–H groups in total. The third kappa shape index (κ3) is 6.73. The SMILES string of the molecule is N#CCSC(=S)Oc1ccc(OC(=S)SCC#N)cc1. The number of hydrogen-bond donors (Lipinski definition) is 0. The van der Waals surface area contributed by atoms with Gasteiger partial charge in [-0.2, -0.15) is 10.5 Å². The molecule has 4 nitrogen and oxygen atoms in total. The molecule has 0 bridgehead atoms. The van der Waals surface area contributed by atoms with Crippen LogP contribution in [0.25, 0.3) is 0 Å². The molecule has 0 aliphatic heterocycles. The molecule has 0 atom stereocenters. The number of ether oxygens (including phenoxy) is 2. The lowest BCUT2D eigenvalue weighted by molar-refractivity contribution is 0.563. The van der Waals surface area contributed by atoms with E-state index >= 15 is 0 Å². The summed E-state index contributed by atoms with van der Waals surface area (Å²) in [4.78, 5) is 0. The Kier molecular flexibility index (Phi) is 8.00. The highest BCUT2D eigenvalue weighted by Gasteiger charge is 2.04. The topological polar surface area (TPSA) is 66.0 Å². The molecule has 1 aromatic carbocycles. The minimum atomic E-state index is 0.254. The summed E-state index contributed by atoms with van der Waals surface area (Å²) in [5.74, 6) is 1.63. The average Bonchev–Trinajstić information content (AvgIpc) is 2.45. The first-order valence-electron chi connectivity index (χ1n) is 5.19. The standard InChI is InChI=1S/C12H8N2O2S4/c13-5-7-19-11(17)15-9-1-2-10(4-3-9)16-12(18)20-8-6-14/h1-4H,7-8H2. The predicted octanol–water partition coefficient (Wildman–Crippen LogP) is 3.53. The van der Waals surface area contributed by atoms with Gasteiger partial charge in [-0.1, -0.05) is 23.5 Å². The zero-order chi connectivity index (χ0) is 14.8. The molecular weight excluding hydrogens is 332 g/mol. The Morgan fingerprint density at radius 2 is 1.25 bits per heavy atom. The molecular formula is C12H8N2O2S4. The summed E-state index contributed by atoms with van der Waals surface area (Å²) >= 11 is 12.2. The van der Waals surface area contributed by atoms with Gasteiger partial charge in [0.05, 0.1) is 23.6 Å². The first kappa shape index (κ1) is 16.7. The highest BCUT2D eigenvalue weighted by Crippen LogP contribution is 2.21. The molecule has 1 rings (SSSR count). The molecule has 8 heteroatoms. The van der Waals surface area contributed by atoms with E-state index in [1.807, 2.05) is 12.1 Å². The van der Waals surface area contributed by atoms with Gasteiger partial charge in [-0.3, -0.25) is 0 Å².